The fraction of sp³-hybridized carbons (Fsp3) is 0.0455. The summed E-state index contributed by atoms with van der Waals surface area (Å²) in [5.74, 6) is 0.889. The van der Waals surface area contributed by atoms with E-state index in [9.17, 15) is 0 Å². The number of aryl methyl sites for hydroxylation is 1. The number of fused-ring (bicyclic) bond motifs is 2. The van der Waals surface area contributed by atoms with Crippen LogP contribution in [-0.2, 0) is 0 Å². The van der Waals surface area contributed by atoms with Crippen molar-refractivity contribution in [1.82, 2.24) is 20.3 Å². The van der Waals surface area contributed by atoms with Crippen LogP contribution in [0.15, 0.2) is 76.5 Å². The van der Waals surface area contributed by atoms with Gasteiger partial charge in [0.1, 0.15) is 0 Å². The summed E-state index contributed by atoms with van der Waals surface area (Å²) < 4.78 is 4.75. The number of hydrazone groups is 1. The summed E-state index contributed by atoms with van der Waals surface area (Å²) >= 11 is 0. The SMILES string of the molecule is Cc1ccccc1Nc1nc2nonc2nc1NN=Cc1cccc2ccccc12. The van der Waals surface area contributed by atoms with Crippen LogP contribution in [0, 0.1) is 6.92 Å². The molecular weight excluding hydrogens is 378 g/mol. The fourth-order valence-electron chi connectivity index (χ4n) is 3.17. The van der Waals surface area contributed by atoms with Crippen molar-refractivity contribution in [3.63, 3.8) is 0 Å². The quantitative estimate of drug-likeness (QED) is 0.329. The lowest BCUT2D eigenvalue weighted by Gasteiger charge is -2.11. The lowest BCUT2D eigenvalue weighted by molar-refractivity contribution is 0.314. The van der Waals surface area contributed by atoms with Crippen LogP contribution in [-0.4, -0.2) is 26.5 Å². The number of benzene rings is 3. The Labute approximate surface area is 171 Å². The Morgan fingerprint density at radius 2 is 1.57 bits per heavy atom. The maximum absolute atomic E-state index is 4.75. The third-order valence-electron chi connectivity index (χ3n) is 4.71. The van der Waals surface area contributed by atoms with Crippen LogP contribution in [0.4, 0.5) is 17.3 Å². The van der Waals surface area contributed by atoms with Crippen molar-refractivity contribution in [2.45, 2.75) is 6.92 Å². The lowest BCUT2D eigenvalue weighted by atomic mass is 10.1. The second kappa shape index (κ2) is 7.59. The van der Waals surface area contributed by atoms with Gasteiger partial charge in [-0.3, -0.25) is 5.43 Å². The highest BCUT2D eigenvalue weighted by atomic mass is 16.6. The summed E-state index contributed by atoms with van der Waals surface area (Å²) in [6.07, 6.45) is 1.76. The Morgan fingerprint density at radius 3 is 2.43 bits per heavy atom. The van der Waals surface area contributed by atoms with Gasteiger partial charge in [-0.25, -0.2) is 9.61 Å². The molecule has 146 valence electrons. The summed E-state index contributed by atoms with van der Waals surface area (Å²) in [6, 6.07) is 22.1. The zero-order chi connectivity index (χ0) is 20.3. The average molecular weight is 395 g/mol. The van der Waals surface area contributed by atoms with E-state index in [4.69, 9.17) is 4.63 Å². The van der Waals surface area contributed by atoms with Gasteiger partial charge >= 0.3 is 0 Å². The molecule has 0 radical (unpaired) electrons. The number of hydrogen-bond acceptors (Lipinski definition) is 8. The molecule has 5 rings (SSSR count). The molecule has 2 heterocycles. The smallest absolute Gasteiger partial charge is 0.245 e. The molecule has 8 heteroatoms. The number of hydrogen-bond donors (Lipinski definition) is 2. The third-order valence-corrected chi connectivity index (χ3v) is 4.71. The zero-order valence-corrected chi connectivity index (χ0v) is 16.1. The minimum atomic E-state index is 0.299. The Morgan fingerprint density at radius 1 is 0.833 bits per heavy atom. The minimum Gasteiger partial charge on any atom is -0.337 e. The Kier molecular flexibility index (Phi) is 4.49. The molecule has 0 unspecified atom stereocenters. The molecule has 0 spiro atoms. The van der Waals surface area contributed by atoms with Gasteiger partial charge < -0.3 is 5.32 Å². The molecule has 0 aliphatic rings. The van der Waals surface area contributed by atoms with Crippen molar-refractivity contribution in [2.75, 3.05) is 10.7 Å². The van der Waals surface area contributed by atoms with E-state index in [1.807, 2.05) is 55.5 Å². The van der Waals surface area contributed by atoms with Crippen LogP contribution in [0.1, 0.15) is 11.1 Å². The minimum absolute atomic E-state index is 0.299. The van der Waals surface area contributed by atoms with Crippen molar-refractivity contribution in [1.29, 1.82) is 0 Å². The summed E-state index contributed by atoms with van der Waals surface area (Å²) in [7, 11) is 0. The molecule has 0 aliphatic heterocycles. The van der Waals surface area contributed by atoms with Crippen molar-refractivity contribution >= 4 is 45.6 Å². The molecule has 0 aliphatic carbocycles. The van der Waals surface area contributed by atoms with Crippen molar-refractivity contribution in [2.24, 2.45) is 5.10 Å². The van der Waals surface area contributed by atoms with Gasteiger partial charge in [0, 0.05) is 11.3 Å². The van der Waals surface area contributed by atoms with Crippen LogP contribution in [0.2, 0.25) is 0 Å². The van der Waals surface area contributed by atoms with E-state index >= 15 is 0 Å². The van der Waals surface area contributed by atoms with Crippen LogP contribution >= 0.6 is 0 Å². The van der Waals surface area contributed by atoms with Crippen molar-refractivity contribution in [3.8, 4) is 0 Å². The molecular formula is C22H17N7O. The van der Waals surface area contributed by atoms with Gasteiger partial charge in [0.15, 0.2) is 11.6 Å². The van der Waals surface area contributed by atoms with Gasteiger partial charge in [-0.2, -0.15) is 10.1 Å². The maximum Gasteiger partial charge on any atom is 0.245 e. The highest BCUT2D eigenvalue weighted by molar-refractivity contribution is 5.99. The van der Waals surface area contributed by atoms with Gasteiger partial charge in [-0.05, 0) is 39.6 Å². The molecule has 2 aromatic heterocycles. The Hall–Kier alpha value is -4.33. The highest BCUT2D eigenvalue weighted by Gasteiger charge is 2.13. The number of anilines is 3. The molecule has 0 atom stereocenters. The van der Waals surface area contributed by atoms with Gasteiger partial charge in [0.2, 0.25) is 11.3 Å². The molecule has 0 amide bonds. The van der Waals surface area contributed by atoms with Crippen LogP contribution in [0.25, 0.3) is 22.1 Å². The number of nitrogens with one attached hydrogen (secondary N) is 2. The van der Waals surface area contributed by atoms with E-state index in [0.717, 1.165) is 27.6 Å². The zero-order valence-electron chi connectivity index (χ0n) is 16.1. The molecule has 0 bridgehead atoms. The molecule has 0 saturated carbocycles. The lowest BCUT2D eigenvalue weighted by Crippen LogP contribution is -2.04. The first-order chi connectivity index (χ1) is 14.8. The van der Waals surface area contributed by atoms with Crippen molar-refractivity contribution < 1.29 is 4.63 Å². The van der Waals surface area contributed by atoms with E-state index < -0.39 is 0 Å². The summed E-state index contributed by atoms with van der Waals surface area (Å²) in [5, 5.41) is 17.5. The highest BCUT2D eigenvalue weighted by Crippen LogP contribution is 2.25. The second-order valence-corrected chi connectivity index (χ2v) is 6.71. The number of nitrogens with zero attached hydrogens (tertiary/aromatic N) is 5. The molecule has 5 aromatic rings. The predicted molar refractivity (Wildman–Crippen MR) is 117 cm³/mol. The van der Waals surface area contributed by atoms with Crippen LogP contribution in [0.3, 0.4) is 0 Å². The predicted octanol–water partition coefficient (Wildman–Crippen LogP) is 4.66. The fourth-order valence-corrected chi connectivity index (χ4v) is 3.17. The standard InChI is InChI=1S/C22H17N7O/c1-14-7-2-5-12-18(14)24-19-20(26-22-21(25-19)28-30-29-22)27-23-13-16-10-6-9-15-8-3-4-11-17(15)16/h2-13H,1H3,(H,24,25,28)(H,26,27,29). The van der Waals surface area contributed by atoms with E-state index in [1.165, 1.54) is 0 Å². The molecule has 8 nitrogen and oxygen atoms in total. The first-order valence-corrected chi connectivity index (χ1v) is 9.38. The molecule has 2 N–H and O–H groups in total. The van der Waals surface area contributed by atoms with Gasteiger partial charge in [-0.15, -0.1) is 0 Å². The monoisotopic (exact) mass is 395 g/mol. The summed E-state index contributed by atoms with van der Waals surface area (Å²) in [5.41, 5.74) is 6.56. The molecule has 0 fully saturated rings. The van der Waals surface area contributed by atoms with Gasteiger partial charge in [0.25, 0.3) is 0 Å². The van der Waals surface area contributed by atoms with Gasteiger partial charge in [-0.1, -0.05) is 60.7 Å². The topological polar surface area (TPSA) is 101 Å². The first kappa shape index (κ1) is 17.7. The van der Waals surface area contributed by atoms with Gasteiger partial charge in [0.05, 0.1) is 6.21 Å². The first-order valence-electron chi connectivity index (χ1n) is 9.38. The Balaban J connectivity index is 1.48. The number of aromatic nitrogens is 4. The van der Waals surface area contributed by atoms with E-state index in [0.29, 0.717) is 22.9 Å². The van der Waals surface area contributed by atoms with E-state index in [-0.39, 0.29) is 0 Å². The largest absolute Gasteiger partial charge is 0.337 e. The average Bonchev–Trinajstić information content (AvgIpc) is 3.23. The Bertz CT molecular complexity index is 1370. The van der Waals surface area contributed by atoms with E-state index in [2.05, 4.69) is 54.3 Å². The summed E-state index contributed by atoms with van der Waals surface area (Å²) in [6.45, 7) is 2.01. The second-order valence-electron chi connectivity index (χ2n) is 6.71. The number of rotatable bonds is 5. The molecule has 30 heavy (non-hydrogen) atoms. The normalized spacial score (nSPS) is 11.4. The van der Waals surface area contributed by atoms with E-state index in [1.54, 1.807) is 6.21 Å². The number of para-hydroxylation sites is 1. The summed E-state index contributed by atoms with van der Waals surface area (Å²) in [4.78, 5) is 8.91. The van der Waals surface area contributed by atoms with Crippen LogP contribution < -0.4 is 10.7 Å². The van der Waals surface area contributed by atoms with Crippen molar-refractivity contribution in [3.05, 3.63) is 77.9 Å². The molecule has 0 saturated heterocycles. The third kappa shape index (κ3) is 3.42. The van der Waals surface area contributed by atoms with Crippen LogP contribution in [0.5, 0.6) is 0 Å². The molecule has 3 aromatic carbocycles. The maximum atomic E-state index is 4.75.